The van der Waals surface area contributed by atoms with E-state index in [0.717, 1.165) is 32.5 Å². The second-order valence-electron chi connectivity index (χ2n) is 5.26. The van der Waals surface area contributed by atoms with E-state index in [1.165, 1.54) is 0 Å². The molecule has 0 aliphatic carbocycles. The van der Waals surface area contributed by atoms with Crippen molar-refractivity contribution in [3.05, 3.63) is 0 Å². The Kier molecular flexibility index (Phi) is 8.43. The van der Waals surface area contributed by atoms with Crippen molar-refractivity contribution < 1.29 is 4.74 Å². The van der Waals surface area contributed by atoms with Crippen molar-refractivity contribution in [2.75, 3.05) is 19.7 Å². The molecule has 0 amide bonds. The molecule has 1 atom stereocenters. The fourth-order valence-electron chi connectivity index (χ4n) is 1.64. The minimum atomic E-state index is -0.0442. The van der Waals surface area contributed by atoms with Crippen molar-refractivity contribution in [2.45, 2.75) is 58.4 Å². The van der Waals surface area contributed by atoms with E-state index in [0.29, 0.717) is 5.92 Å². The van der Waals surface area contributed by atoms with Gasteiger partial charge < -0.3 is 10.1 Å². The number of ether oxygens (including phenoxy) is 1. The molecule has 0 saturated carbocycles. The highest BCUT2D eigenvalue weighted by atomic mass is 35.5. The first-order valence-electron chi connectivity index (χ1n) is 6.39. The molecule has 0 aromatic carbocycles. The van der Waals surface area contributed by atoms with Crippen molar-refractivity contribution in [2.24, 2.45) is 5.92 Å². The SMILES string of the molecule is CCC(CC)C(Cl)CNCCOC(C)(C)C. The van der Waals surface area contributed by atoms with E-state index in [1.807, 2.05) is 0 Å². The van der Waals surface area contributed by atoms with Crippen molar-refractivity contribution in [3.63, 3.8) is 0 Å². The molecule has 0 rings (SSSR count). The summed E-state index contributed by atoms with van der Waals surface area (Å²) in [5.74, 6) is 0.623. The molecule has 16 heavy (non-hydrogen) atoms. The second kappa shape index (κ2) is 8.32. The van der Waals surface area contributed by atoms with Crippen LogP contribution >= 0.6 is 11.6 Å². The highest BCUT2D eigenvalue weighted by molar-refractivity contribution is 6.21. The van der Waals surface area contributed by atoms with Crippen LogP contribution in [0.15, 0.2) is 0 Å². The Hall–Kier alpha value is 0.210. The monoisotopic (exact) mass is 249 g/mol. The molecule has 2 nitrogen and oxygen atoms in total. The maximum Gasteiger partial charge on any atom is 0.0599 e. The van der Waals surface area contributed by atoms with Gasteiger partial charge in [-0.25, -0.2) is 0 Å². The molecule has 0 aliphatic rings. The normalized spacial score (nSPS) is 14.4. The average molecular weight is 250 g/mol. The summed E-state index contributed by atoms with van der Waals surface area (Å²) in [5, 5.41) is 3.59. The summed E-state index contributed by atoms with van der Waals surface area (Å²) in [6.45, 7) is 13.1. The number of halogens is 1. The lowest BCUT2D eigenvalue weighted by molar-refractivity contribution is -0.000799. The summed E-state index contributed by atoms with van der Waals surface area (Å²) in [4.78, 5) is 0. The minimum absolute atomic E-state index is 0.0442. The van der Waals surface area contributed by atoms with Crippen LogP contribution in [0.2, 0.25) is 0 Å². The molecule has 1 N–H and O–H groups in total. The zero-order valence-corrected chi connectivity index (χ0v) is 12.2. The topological polar surface area (TPSA) is 21.3 Å². The highest BCUT2D eigenvalue weighted by Crippen LogP contribution is 2.17. The third kappa shape index (κ3) is 8.37. The van der Waals surface area contributed by atoms with E-state index in [2.05, 4.69) is 39.9 Å². The van der Waals surface area contributed by atoms with Gasteiger partial charge >= 0.3 is 0 Å². The summed E-state index contributed by atoms with van der Waals surface area (Å²) in [5.41, 5.74) is -0.0442. The van der Waals surface area contributed by atoms with E-state index in [-0.39, 0.29) is 11.0 Å². The van der Waals surface area contributed by atoms with Crippen LogP contribution < -0.4 is 5.32 Å². The van der Waals surface area contributed by atoms with Crippen molar-refractivity contribution >= 4 is 11.6 Å². The number of rotatable bonds is 8. The Morgan fingerprint density at radius 2 is 1.75 bits per heavy atom. The van der Waals surface area contributed by atoms with Gasteiger partial charge in [-0.15, -0.1) is 11.6 Å². The van der Waals surface area contributed by atoms with E-state index in [4.69, 9.17) is 16.3 Å². The molecule has 3 heteroatoms. The van der Waals surface area contributed by atoms with Gasteiger partial charge in [0.2, 0.25) is 0 Å². The number of alkyl halides is 1. The van der Waals surface area contributed by atoms with Crippen LogP contribution in [0.1, 0.15) is 47.5 Å². The van der Waals surface area contributed by atoms with Crippen LogP contribution in [0.4, 0.5) is 0 Å². The van der Waals surface area contributed by atoms with Gasteiger partial charge in [0.25, 0.3) is 0 Å². The van der Waals surface area contributed by atoms with Crippen LogP contribution in [0, 0.1) is 5.92 Å². The maximum absolute atomic E-state index is 6.31. The van der Waals surface area contributed by atoms with Gasteiger partial charge in [0.05, 0.1) is 12.2 Å². The predicted molar refractivity (Wildman–Crippen MR) is 72.3 cm³/mol. The Morgan fingerprint density at radius 3 is 2.19 bits per heavy atom. The number of nitrogens with one attached hydrogen (secondary N) is 1. The maximum atomic E-state index is 6.31. The zero-order valence-electron chi connectivity index (χ0n) is 11.5. The van der Waals surface area contributed by atoms with Crippen LogP contribution in [0.3, 0.4) is 0 Å². The Labute approximate surface area is 106 Å². The van der Waals surface area contributed by atoms with Gasteiger partial charge in [-0.05, 0) is 26.7 Å². The van der Waals surface area contributed by atoms with E-state index >= 15 is 0 Å². The lowest BCUT2D eigenvalue weighted by Gasteiger charge is -2.21. The molecular weight excluding hydrogens is 222 g/mol. The molecule has 0 aromatic heterocycles. The average Bonchev–Trinajstić information content (AvgIpc) is 2.17. The van der Waals surface area contributed by atoms with Crippen molar-refractivity contribution in [1.29, 1.82) is 0 Å². The Bertz CT molecular complexity index is 164. The first kappa shape index (κ1) is 16.2. The van der Waals surface area contributed by atoms with E-state index < -0.39 is 0 Å². The zero-order chi connectivity index (χ0) is 12.6. The molecule has 0 saturated heterocycles. The largest absolute Gasteiger partial charge is 0.375 e. The van der Waals surface area contributed by atoms with Gasteiger partial charge in [0.1, 0.15) is 0 Å². The van der Waals surface area contributed by atoms with Crippen LogP contribution in [0.25, 0.3) is 0 Å². The van der Waals surface area contributed by atoms with Gasteiger partial charge in [0, 0.05) is 18.5 Å². The number of hydrogen-bond acceptors (Lipinski definition) is 2. The molecule has 0 heterocycles. The summed E-state index contributed by atoms with van der Waals surface area (Å²) in [7, 11) is 0. The van der Waals surface area contributed by atoms with Crippen molar-refractivity contribution in [3.8, 4) is 0 Å². The van der Waals surface area contributed by atoms with Crippen LogP contribution in [0.5, 0.6) is 0 Å². The van der Waals surface area contributed by atoms with E-state index in [9.17, 15) is 0 Å². The summed E-state index contributed by atoms with van der Waals surface area (Å²) < 4.78 is 5.62. The molecule has 1 unspecified atom stereocenters. The van der Waals surface area contributed by atoms with Gasteiger partial charge in [-0.1, -0.05) is 26.7 Å². The smallest absolute Gasteiger partial charge is 0.0599 e. The first-order chi connectivity index (χ1) is 7.40. The lowest BCUT2D eigenvalue weighted by atomic mass is 9.99. The molecular formula is C13H28ClNO. The fraction of sp³-hybridized carbons (Fsp3) is 1.00. The molecule has 0 fully saturated rings. The van der Waals surface area contributed by atoms with Gasteiger partial charge in [0.15, 0.2) is 0 Å². The fourth-order valence-corrected chi connectivity index (χ4v) is 2.10. The standard InChI is InChI=1S/C13H28ClNO/c1-6-11(7-2)12(14)10-15-8-9-16-13(3,4)5/h11-12,15H,6-10H2,1-5H3. The Morgan fingerprint density at radius 1 is 1.19 bits per heavy atom. The third-order valence-electron chi connectivity index (χ3n) is 2.71. The molecule has 0 radical (unpaired) electrons. The molecule has 98 valence electrons. The highest BCUT2D eigenvalue weighted by Gasteiger charge is 2.15. The molecule has 0 aliphatic heterocycles. The summed E-state index contributed by atoms with van der Waals surface area (Å²) >= 11 is 6.31. The second-order valence-corrected chi connectivity index (χ2v) is 5.82. The molecule has 0 aromatic rings. The molecule has 0 spiro atoms. The van der Waals surface area contributed by atoms with Gasteiger partial charge in [-0.3, -0.25) is 0 Å². The third-order valence-corrected chi connectivity index (χ3v) is 3.22. The van der Waals surface area contributed by atoms with Crippen LogP contribution in [-0.2, 0) is 4.74 Å². The summed E-state index contributed by atoms with van der Waals surface area (Å²) in [6.07, 6.45) is 2.32. The lowest BCUT2D eigenvalue weighted by Crippen LogP contribution is -2.32. The summed E-state index contributed by atoms with van der Waals surface area (Å²) in [6, 6.07) is 0. The Balaban J connectivity index is 3.51. The first-order valence-corrected chi connectivity index (χ1v) is 6.83. The minimum Gasteiger partial charge on any atom is -0.375 e. The van der Waals surface area contributed by atoms with Crippen LogP contribution in [-0.4, -0.2) is 30.7 Å². The van der Waals surface area contributed by atoms with Gasteiger partial charge in [-0.2, -0.15) is 0 Å². The predicted octanol–water partition coefficient (Wildman–Crippen LogP) is 3.43. The quantitative estimate of drug-likeness (QED) is 0.526. The van der Waals surface area contributed by atoms with Crippen molar-refractivity contribution in [1.82, 2.24) is 5.32 Å². The molecule has 0 bridgehead atoms. The van der Waals surface area contributed by atoms with E-state index in [1.54, 1.807) is 0 Å². The number of hydrogen-bond donors (Lipinski definition) is 1.